The van der Waals surface area contributed by atoms with Crippen molar-refractivity contribution in [1.29, 1.82) is 0 Å². The van der Waals surface area contributed by atoms with Gasteiger partial charge in [-0.25, -0.2) is 0 Å². The van der Waals surface area contributed by atoms with E-state index in [9.17, 15) is 14.9 Å². The summed E-state index contributed by atoms with van der Waals surface area (Å²) in [7, 11) is 3.94. The minimum absolute atomic E-state index is 0.0143. The van der Waals surface area contributed by atoms with Gasteiger partial charge in [0.05, 0.1) is 16.4 Å². The quantitative estimate of drug-likeness (QED) is 0.459. The molecule has 0 aliphatic carbocycles. The van der Waals surface area contributed by atoms with E-state index in [0.717, 1.165) is 11.3 Å². The maximum absolute atomic E-state index is 12.2. The predicted molar refractivity (Wildman–Crippen MR) is 112 cm³/mol. The largest absolute Gasteiger partial charge is 0.378 e. The zero-order valence-corrected chi connectivity index (χ0v) is 16.2. The molecule has 2 aromatic rings. The molecule has 28 heavy (non-hydrogen) atoms. The van der Waals surface area contributed by atoms with Crippen LogP contribution in [0.2, 0.25) is 0 Å². The highest BCUT2D eigenvalue weighted by Gasteiger charge is 2.32. The van der Waals surface area contributed by atoms with Crippen LogP contribution in [-0.4, -0.2) is 41.6 Å². The van der Waals surface area contributed by atoms with E-state index in [4.69, 9.17) is 0 Å². The molecule has 3 rings (SSSR count). The van der Waals surface area contributed by atoms with E-state index < -0.39 is 10.2 Å². The molecular weight excluding hydrogens is 378 g/mol. The summed E-state index contributed by atoms with van der Waals surface area (Å²) in [6.45, 7) is 0. The maximum Gasteiger partial charge on any atom is 0.272 e. The third-order valence-corrected chi connectivity index (χ3v) is 5.21. The molecule has 1 aliphatic heterocycles. The SMILES string of the molecule is CN(C)c1ccc(/C=N\N=C2\NC(=O)[C@H](Cc3ccccc3[N+](=O)[O-])S2)cc1. The van der Waals surface area contributed by atoms with Crippen LogP contribution in [-0.2, 0) is 11.2 Å². The van der Waals surface area contributed by atoms with Gasteiger partial charge in [-0.3, -0.25) is 14.9 Å². The van der Waals surface area contributed by atoms with E-state index in [1.165, 1.54) is 17.8 Å². The highest BCUT2D eigenvalue weighted by molar-refractivity contribution is 8.15. The van der Waals surface area contributed by atoms with Crippen molar-refractivity contribution in [2.45, 2.75) is 11.7 Å². The number of thioether (sulfide) groups is 1. The van der Waals surface area contributed by atoms with Crippen LogP contribution in [0.15, 0.2) is 58.7 Å². The zero-order valence-electron chi connectivity index (χ0n) is 15.4. The average molecular weight is 397 g/mol. The normalized spacial score (nSPS) is 17.9. The lowest BCUT2D eigenvalue weighted by molar-refractivity contribution is -0.385. The number of para-hydroxylation sites is 1. The molecule has 1 N–H and O–H groups in total. The highest BCUT2D eigenvalue weighted by Crippen LogP contribution is 2.27. The van der Waals surface area contributed by atoms with Crippen molar-refractivity contribution in [3.8, 4) is 0 Å². The first-order chi connectivity index (χ1) is 13.4. The highest BCUT2D eigenvalue weighted by atomic mass is 32.2. The van der Waals surface area contributed by atoms with Gasteiger partial charge < -0.3 is 10.2 Å². The Balaban J connectivity index is 1.65. The number of nitro benzene ring substituents is 1. The molecule has 0 spiro atoms. The Labute approximate surface area is 166 Å². The smallest absolute Gasteiger partial charge is 0.272 e. The van der Waals surface area contributed by atoms with Crippen molar-refractivity contribution in [3.63, 3.8) is 0 Å². The number of benzene rings is 2. The van der Waals surface area contributed by atoms with Crippen molar-refractivity contribution < 1.29 is 9.72 Å². The Morgan fingerprint density at radius 2 is 1.93 bits per heavy atom. The summed E-state index contributed by atoms with van der Waals surface area (Å²) >= 11 is 1.22. The molecule has 0 radical (unpaired) electrons. The fourth-order valence-corrected chi connectivity index (χ4v) is 3.61. The number of nitro groups is 1. The second-order valence-corrected chi connectivity index (χ2v) is 7.51. The zero-order chi connectivity index (χ0) is 20.1. The Kier molecular flexibility index (Phi) is 6.05. The number of anilines is 1. The third-order valence-electron chi connectivity index (χ3n) is 4.13. The van der Waals surface area contributed by atoms with Crippen LogP contribution in [0, 0.1) is 10.1 Å². The van der Waals surface area contributed by atoms with Gasteiger partial charge in [0.25, 0.3) is 5.69 Å². The van der Waals surface area contributed by atoms with E-state index >= 15 is 0 Å². The molecule has 1 aliphatic rings. The van der Waals surface area contributed by atoms with Crippen LogP contribution < -0.4 is 10.2 Å². The third kappa shape index (κ3) is 4.74. The first kappa shape index (κ1) is 19.6. The average Bonchev–Trinajstić information content (AvgIpc) is 3.01. The van der Waals surface area contributed by atoms with Gasteiger partial charge in [0.2, 0.25) is 5.91 Å². The van der Waals surface area contributed by atoms with Gasteiger partial charge in [0, 0.05) is 37.8 Å². The van der Waals surface area contributed by atoms with Gasteiger partial charge in [0.1, 0.15) is 0 Å². The summed E-state index contributed by atoms with van der Waals surface area (Å²) in [5.74, 6) is -0.229. The number of amides is 1. The van der Waals surface area contributed by atoms with Crippen LogP contribution in [0.5, 0.6) is 0 Å². The van der Waals surface area contributed by atoms with Crippen molar-refractivity contribution in [2.75, 3.05) is 19.0 Å². The Bertz CT molecular complexity index is 941. The van der Waals surface area contributed by atoms with E-state index in [2.05, 4.69) is 15.5 Å². The van der Waals surface area contributed by atoms with E-state index in [-0.39, 0.29) is 18.0 Å². The molecule has 1 saturated heterocycles. The number of carbonyl (C=O) groups excluding carboxylic acids is 1. The minimum atomic E-state index is -0.477. The van der Waals surface area contributed by atoms with Gasteiger partial charge in [-0.1, -0.05) is 42.1 Å². The summed E-state index contributed by atoms with van der Waals surface area (Å²) < 4.78 is 0. The Hall–Kier alpha value is -3.20. The van der Waals surface area contributed by atoms with Crippen molar-refractivity contribution in [2.24, 2.45) is 10.2 Å². The second-order valence-electron chi connectivity index (χ2n) is 6.32. The van der Waals surface area contributed by atoms with Crippen LogP contribution in [0.1, 0.15) is 11.1 Å². The molecular formula is C19H19N5O3S. The van der Waals surface area contributed by atoms with Gasteiger partial charge >= 0.3 is 0 Å². The molecule has 1 fully saturated rings. The van der Waals surface area contributed by atoms with Crippen molar-refractivity contribution in [3.05, 3.63) is 69.8 Å². The minimum Gasteiger partial charge on any atom is -0.378 e. The van der Waals surface area contributed by atoms with Gasteiger partial charge in [-0.05, 0) is 17.7 Å². The van der Waals surface area contributed by atoms with Crippen LogP contribution in [0.3, 0.4) is 0 Å². The maximum atomic E-state index is 12.2. The second kappa shape index (κ2) is 8.66. The first-order valence-electron chi connectivity index (χ1n) is 8.52. The summed E-state index contributed by atoms with van der Waals surface area (Å²) in [6.07, 6.45) is 1.86. The van der Waals surface area contributed by atoms with Gasteiger partial charge in [-0.15, -0.1) is 5.10 Å². The first-order valence-corrected chi connectivity index (χ1v) is 9.40. The fraction of sp³-hybridized carbons (Fsp3) is 0.211. The number of rotatable bonds is 6. The van der Waals surface area contributed by atoms with Gasteiger partial charge in [0.15, 0.2) is 5.17 Å². The number of nitrogens with one attached hydrogen (secondary N) is 1. The monoisotopic (exact) mass is 397 g/mol. The fourth-order valence-electron chi connectivity index (χ4n) is 2.65. The lowest BCUT2D eigenvalue weighted by atomic mass is 10.1. The summed E-state index contributed by atoms with van der Waals surface area (Å²) in [6, 6.07) is 14.2. The molecule has 2 aromatic carbocycles. The van der Waals surface area contributed by atoms with Crippen LogP contribution in [0.4, 0.5) is 11.4 Å². The number of carbonyl (C=O) groups is 1. The molecule has 9 heteroatoms. The predicted octanol–water partition coefficient (Wildman–Crippen LogP) is 2.83. The molecule has 144 valence electrons. The molecule has 1 atom stereocenters. The summed E-state index contributed by atoms with van der Waals surface area (Å²) in [5, 5.41) is 21.8. The molecule has 0 saturated carbocycles. The Morgan fingerprint density at radius 1 is 1.21 bits per heavy atom. The molecule has 1 heterocycles. The molecule has 8 nitrogen and oxygen atoms in total. The van der Waals surface area contributed by atoms with Crippen LogP contribution >= 0.6 is 11.8 Å². The summed E-state index contributed by atoms with van der Waals surface area (Å²) in [4.78, 5) is 24.9. The number of amidine groups is 1. The molecule has 0 aromatic heterocycles. The molecule has 0 bridgehead atoms. The van der Waals surface area contributed by atoms with E-state index in [1.807, 2.05) is 43.3 Å². The molecule has 0 unspecified atom stereocenters. The Morgan fingerprint density at radius 3 is 2.61 bits per heavy atom. The van der Waals surface area contributed by atoms with Gasteiger partial charge in [-0.2, -0.15) is 5.10 Å². The standard InChI is InChI=1S/C19H19N5O3S/c1-23(2)15-9-7-13(8-10-15)12-20-22-19-21-18(25)17(28-19)11-14-5-3-4-6-16(14)24(26)27/h3-10,12,17H,11H2,1-2H3,(H,21,22,25)/b20-12-/t17-/m0/s1. The van der Waals surface area contributed by atoms with Crippen LogP contribution in [0.25, 0.3) is 0 Å². The number of nitrogens with zero attached hydrogens (tertiary/aromatic N) is 4. The number of hydrogen-bond donors (Lipinski definition) is 1. The number of hydrogen-bond acceptors (Lipinski definition) is 7. The van der Waals surface area contributed by atoms with E-state index in [1.54, 1.807) is 24.4 Å². The van der Waals surface area contributed by atoms with Crippen molar-refractivity contribution >= 4 is 40.4 Å². The van der Waals surface area contributed by atoms with Crippen molar-refractivity contribution in [1.82, 2.24) is 5.32 Å². The lowest BCUT2D eigenvalue weighted by Crippen LogP contribution is -2.26. The summed E-state index contributed by atoms with van der Waals surface area (Å²) in [5.41, 5.74) is 2.51. The lowest BCUT2D eigenvalue weighted by Gasteiger charge is -2.11. The van der Waals surface area contributed by atoms with E-state index in [0.29, 0.717) is 10.7 Å². The molecule has 1 amide bonds. The topological polar surface area (TPSA) is 100 Å².